The summed E-state index contributed by atoms with van der Waals surface area (Å²) in [6.07, 6.45) is 5.66. The molecule has 0 aliphatic heterocycles. The van der Waals surface area contributed by atoms with Crippen molar-refractivity contribution < 1.29 is 0 Å². The van der Waals surface area contributed by atoms with Crippen LogP contribution in [-0.2, 0) is 19.6 Å². The molecule has 1 aromatic heterocycles. The maximum Gasteiger partial charge on any atom is 0.0949 e. The summed E-state index contributed by atoms with van der Waals surface area (Å²) < 4.78 is 2.09. The van der Waals surface area contributed by atoms with Crippen molar-refractivity contribution in [2.75, 3.05) is 0 Å². The summed E-state index contributed by atoms with van der Waals surface area (Å²) in [6.45, 7) is 6.94. The van der Waals surface area contributed by atoms with Crippen LogP contribution < -0.4 is 5.32 Å². The van der Waals surface area contributed by atoms with E-state index in [9.17, 15) is 0 Å². The van der Waals surface area contributed by atoms with Crippen molar-refractivity contribution in [1.29, 1.82) is 0 Å². The van der Waals surface area contributed by atoms with Gasteiger partial charge in [-0.15, -0.1) is 0 Å². The first kappa shape index (κ1) is 15.5. The van der Waals surface area contributed by atoms with E-state index in [1.165, 1.54) is 27.8 Å². The van der Waals surface area contributed by atoms with Gasteiger partial charge in [0.1, 0.15) is 0 Å². The molecule has 0 aliphatic rings. The third kappa shape index (κ3) is 4.54. The Morgan fingerprint density at radius 3 is 2.39 bits per heavy atom. The van der Waals surface area contributed by atoms with Gasteiger partial charge in [0.05, 0.1) is 6.33 Å². The van der Waals surface area contributed by atoms with Crippen LogP contribution in [0.3, 0.4) is 0 Å². The highest BCUT2D eigenvalue weighted by Gasteiger charge is 1.99. The number of aryl methyl sites for hydroxylation is 2. The second-order valence-corrected chi connectivity index (χ2v) is 6.15. The fourth-order valence-corrected chi connectivity index (χ4v) is 2.95. The van der Waals surface area contributed by atoms with Gasteiger partial charge in [0.2, 0.25) is 0 Å². The van der Waals surface area contributed by atoms with Crippen LogP contribution in [0.1, 0.15) is 27.8 Å². The lowest BCUT2D eigenvalue weighted by Crippen LogP contribution is -2.13. The number of hydrogen-bond acceptors (Lipinski definition) is 2. The number of nitrogens with one attached hydrogen (secondary N) is 1. The molecule has 2 aromatic carbocycles. The molecule has 3 heteroatoms. The van der Waals surface area contributed by atoms with E-state index in [2.05, 4.69) is 71.2 Å². The van der Waals surface area contributed by atoms with Crippen LogP contribution in [0.25, 0.3) is 0 Å². The normalized spacial score (nSPS) is 10.9. The molecule has 118 valence electrons. The zero-order chi connectivity index (χ0) is 16.1. The molecule has 0 unspecified atom stereocenters. The third-order valence-electron chi connectivity index (χ3n) is 3.86. The Labute approximate surface area is 138 Å². The van der Waals surface area contributed by atoms with Gasteiger partial charge in [0, 0.05) is 32.0 Å². The van der Waals surface area contributed by atoms with Crippen molar-refractivity contribution in [3.05, 3.63) is 89.0 Å². The molecule has 0 spiro atoms. The van der Waals surface area contributed by atoms with Crippen molar-refractivity contribution >= 4 is 0 Å². The number of rotatable bonds is 6. The molecule has 0 bridgehead atoms. The maximum absolute atomic E-state index is 4.09. The van der Waals surface area contributed by atoms with Gasteiger partial charge in [-0.2, -0.15) is 0 Å². The molecule has 0 radical (unpaired) electrons. The monoisotopic (exact) mass is 305 g/mol. The summed E-state index contributed by atoms with van der Waals surface area (Å²) in [5, 5.41) is 3.54. The van der Waals surface area contributed by atoms with Gasteiger partial charge in [0.15, 0.2) is 0 Å². The lowest BCUT2D eigenvalue weighted by molar-refractivity contribution is 0.690. The molecule has 3 nitrogen and oxygen atoms in total. The molecule has 0 amide bonds. The first-order valence-corrected chi connectivity index (χ1v) is 8.00. The molecule has 0 saturated heterocycles. The quantitative estimate of drug-likeness (QED) is 0.750. The highest BCUT2D eigenvalue weighted by atomic mass is 15.0. The van der Waals surface area contributed by atoms with Crippen LogP contribution in [0.5, 0.6) is 0 Å². The molecule has 0 fully saturated rings. The molecule has 23 heavy (non-hydrogen) atoms. The molecule has 3 aromatic rings. The Kier molecular flexibility index (Phi) is 4.89. The Balaban J connectivity index is 1.57. The smallest absolute Gasteiger partial charge is 0.0949 e. The second-order valence-electron chi connectivity index (χ2n) is 6.15. The van der Waals surface area contributed by atoms with Crippen molar-refractivity contribution in [1.82, 2.24) is 14.9 Å². The minimum Gasteiger partial charge on any atom is -0.333 e. The minimum absolute atomic E-state index is 0.866. The van der Waals surface area contributed by atoms with Crippen molar-refractivity contribution in [2.45, 2.75) is 33.5 Å². The highest BCUT2D eigenvalue weighted by molar-refractivity contribution is 5.28. The summed E-state index contributed by atoms with van der Waals surface area (Å²) in [5.41, 5.74) is 6.60. The summed E-state index contributed by atoms with van der Waals surface area (Å²) in [5.74, 6) is 0. The number of aromatic nitrogens is 2. The zero-order valence-electron chi connectivity index (χ0n) is 13.8. The van der Waals surface area contributed by atoms with Crippen LogP contribution >= 0.6 is 0 Å². The fraction of sp³-hybridized carbons (Fsp3) is 0.250. The van der Waals surface area contributed by atoms with E-state index in [1.807, 2.05) is 18.7 Å². The predicted octanol–water partition coefficient (Wildman–Crippen LogP) is 3.84. The van der Waals surface area contributed by atoms with Crippen LogP contribution in [0.4, 0.5) is 0 Å². The fourth-order valence-electron chi connectivity index (χ4n) is 2.95. The SMILES string of the molecule is Cc1cc(C)cc(CNCc2cccc(Cn3ccnc3)c2)c1. The number of imidazole rings is 1. The molecule has 0 aliphatic carbocycles. The molecule has 0 saturated carbocycles. The van der Waals surface area contributed by atoms with E-state index in [-0.39, 0.29) is 0 Å². The zero-order valence-corrected chi connectivity index (χ0v) is 13.8. The van der Waals surface area contributed by atoms with E-state index >= 15 is 0 Å². The molecular formula is C20H23N3. The van der Waals surface area contributed by atoms with Crippen molar-refractivity contribution in [2.24, 2.45) is 0 Å². The van der Waals surface area contributed by atoms with Crippen LogP contribution in [-0.4, -0.2) is 9.55 Å². The summed E-state index contributed by atoms with van der Waals surface area (Å²) >= 11 is 0. The van der Waals surface area contributed by atoms with E-state index < -0.39 is 0 Å². The Morgan fingerprint density at radius 1 is 0.913 bits per heavy atom. The first-order valence-electron chi connectivity index (χ1n) is 8.00. The van der Waals surface area contributed by atoms with Crippen molar-refractivity contribution in [3.63, 3.8) is 0 Å². The third-order valence-corrected chi connectivity index (χ3v) is 3.86. The highest BCUT2D eigenvalue weighted by Crippen LogP contribution is 2.10. The second kappa shape index (κ2) is 7.25. The standard InChI is InChI=1S/C20H23N3/c1-16-8-17(2)10-20(9-16)13-22-12-18-4-3-5-19(11-18)14-23-7-6-21-15-23/h3-11,15,22H,12-14H2,1-2H3. The largest absolute Gasteiger partial charge is 0.333 e. The van der Waals surface area contributed by atoms with Gasteiger partial charge in [0.25, 0.3) is 0 Å². The van der Waals surface area contributed by atoms with Crippen LogP contribution in [0.15, 0.2) is 61.2 Å². The molecule has 0 atom stereocenters. The van der Waals surface area contributed by atoms with Crippen LogP contribution in [0.2, 0.25) is 0 Å². The van der Waals surface area contributed by atoms with Gasteiger partial charge in [-0.3, -0.25) is 0 Å². The van der Waals surface area contributed by atoms with E-state index in [1.54, 1.807) is 0 Å². The summed E-state index contributed by atoms with van der Waals surface area (Å²) in [7, 11) is 0. The Bertz CT molecular complexity index is 740. The molecule has 1 heterocycles. The Hall–Kier alpha value is -2.39. The first-order chi connectivity index (χ1) is 11.2. The average Bonchev–Trinajstić information content (AvgIpc) is 2.99. The van der Waals surface area contributed by atoms with Gasteiger partial charge in [-0.1, -0.05) is 53.6 Å². The molecular weight excluding hydrogens is 282 g/mol. The summed E-state index contributed by atoms with van der Waals surface area (Å²) in [6, 6.07) is 15.4. The van der Waals surface area contributed by atoms with Gasteiger partial charge >= 0.3 is 0 Å². The minimum atomic E-state index is 0.866. The maximum atomic E-state index is 4.09. The lowest BCUT2D eigenvalue weighted by atomic mass is 10.1. The Morgan fingerprint density at radius 2 is 1.65 bits per heavy atom. The lowest BCUT2D eigenvalue weighted by Gasteiger charge is -2.09. The van der Waals surface area contributed by atoms with Crippen LogP contribution in [0, 0.1) is 13.8 Å². The van der Waals surface area contributed by atoms with Gasteiger partial charge < -0.3 is 9.88 Å². The summed E-state index contributed by atoms with van der Waals surface area (Å²) in [4.78, 5) is 4.09. The van der Waals surface area contributed by atoms with Gasteiger partial charge in [-0.05, 0) is 30.5 Å². The molecule has 1 N–H and O–H groups in total. The van der Waals surface area contributed by atoms with E-state index in [0.29, 0.717) is 0 Å². The average molecular weight is 305 g/mol. The predicted molar refractivity (Wildman–Crippen MR) is 94.2 cm³/mol. The van der Waals surface area contributed by atoms with E-state index in [4.69, 9.17) is 0 Å². The number of benzene rings is 2. The van der Waals surface area contributed by atoms with E-state index in [0.717, 1.165) is 19.6 Å². The number of hydrogen-bond donors (Lipinski definition) is 1. The topological polar surface area (TPSA) is 29.9 Å². The van der Waals surface area contributed by atoms with Crippen molar-refractivity contribution in [3.8, 4) is 0 Å². The van der Waals surface area contributed by atoms with Gasteiger partial charge in [-0.25, -0.2) is 4.98 Å². The number of nitrogens with zero attached hydrogens (tertiary/aromatic N) is 2. The molecule has 3 rings (SSSR count).